The Labute approximate surface area is 105 Å². The molecule has 0 saturated heterocycles. The molecular weight excluding hydrogens is 230 g/mol. The van der Waals surface area contributed by atoms with Gasteiger partial charge >= 0.3 is 0 Å². The summed E-state index contributed by atoms with van der Waals surface area (Å²) in [5.74, 6) is 0. The van der Waals surface area contributed by atoms with E-state index >= 15 is 0 Å². The van der Waals surface area contributed by atoms with Gasteiger partial charge in [-0.3, -0.25) is 0 Å². The van der Waals surface area contributed by atoms with Crippen LogP contribution in [-0.2, 0) is 0 Å². The van der Waals surface area contributed by atoms with Crippen LogP contribution in [0.1, 0.15) is 25.7 Å². The lowest BCUT2D eigenvalue weighted by Gasteiger charge is -2.28. The van der Waals surface area contributed by atoms with Crippen molar-refractivity contribution in [2.75, 3.05) is 5.32 Å². The van der Waals surface area contributed by atoms with E-state index in [0.717, 1.165) is 23.5 Å². The van der Waals surface area contributed by atoms with Gasteiger partial charge in [-0.15, -0.1) is 0 Å². The highest BCUT2D eigenvalue weighted by atomic mass is 32.1. The molecule has 3 nitrogen and oxygen atoms in total. The topological polar surface area (TPSA) is 50.9 Å². The van der Waals surface area contributed by atoms with Gasteiger partial charge in [0.25, 0.3) is 0 Å². The van der Waals surface area contributed by atoms with E-state index in [0.29, 0.717) is 6.04 Å². The van der Waals surface area contributed by atoms with E-state index in [1.54, 1.807) is 11.3 Å². The fourth-order valence-electron chi connectivity index (χ4n) is 2.43. The molecule has 0 bridgehead atoms. The third kappa shape index (κ3) is 2.28. The maximum absolute atomic E-state index is 6.14. The van der Waals surface area contributed by atoms with Gasteiger partial charge in [0.15, 0.2) is 5.13 Å². The number of hydrogen-bond donors (Lipinski definition) is 2. The van der Waals surface area contributed by atoms with Gasteiger partial charge in [0.05, 0.1) is 10.2 Å². The molecule has 1 heterocycles. The van der Waals surface area contributed by atoms with E-state index in [4.69, 9.17) is 5.73 Å². The molecule has 1 aromatic heterocycles. The van der Waals surface area contributed by atoms with Crippen LogP contribution in [0.15, 0.2) is 24.3 Å². The zero-order valence-electron chi connectivity index (χ0n) is 9.73. The summed E-state index contributed by atoms with van der Waals surface area (Å²) in [6, 6.07) is 8.91. The highest BCUT2D eigenvalue weighted by molar-refractivity contribution is 7.22. The molecule has 0 aliphatic heterocycles. The molecule has 2 unspecified atom stereocenters. The molecule has 0 amide bonds. The summed E-state index contributed by atoms with van der Waals surface area (Å²) < 4.78 is 1.24. The summed E-state index contributed by atoms with van der Waals surface area (Å²) in [5, 5.41) is 4.51. The number of fused-ring (bicyclic) bond motifs is 1. The lowest BCUT2D eigenvalue weighted by Crippen LogP contribution is -2.42. The molecule has 3 rings (SSSR count). The Bertz CT molecular complexity index is 475. The average molecular weight is 247 g/mol. The summed E-state index contributed by atoms with van der Waals surface area (Å²) in [6.07, 6.45) is 4.83. The van der Waals surface area contributed by atoms with Gasteiger partial charge in [0, 0.05) is 12.1 Å². The van der Waals surface area contributed by atoms with E-state index in [1.807, 2.05) is 6.07 Å². The third-order valence-corrected chi connectivity index (χ3v) is 4.39. The molecule has 1 aliphatic rings. The van der Waals surface area contributed by atoms with Crippen molar-refractivity contribution in [3.63, 3.8) is 0 Å². The van der Waals surface area contributed by atoms with Gasteiger partial charge in [-0.05, 0) is 25.0 Å². The lowest BCUT2D eigenvalue weighted by molar-refractivity contribution is 0.404. The number of anilines is 1. The smallest absolute Gasteiger partial charge is 0.184 e. The van der Waals surface area contributed by atoms with Crippen LogP contribution < -0.4 is 11.1 Å². The minimum absolute atomic E-state index is 0.274. The number of thiazole rings is 1. The number of nitrogens with zero attached hydrogens (tertiary/aromatic N) is 1. The van der Waals surface area contributed by atoms with E-state index in [1.165, 1.54) is 17.5 Å². The molecule has 0 radical (unpaired) electrons. The van der Waals surface area contributed by atoms with E-state index in [9.17, 15) is 0 Å². The number of benzene rings is 1. The van der Waals surface area contributed by atoms with Crippen molar-refractivity contribution in [2.45, 2.75) is 37.8 Å². The van der Waals surface area contributed by atoms with E-state index < -0.39 is 0 Å². The number of nitrogens with two attached hydrogens (primary N) is 1. The normalized spacial score (nSPS) is 25.0. The Morgan fingerprint density at radius 3 is 2.88 bits per heavy atom. The maximum atomic E-state index is 6.14. The zero-order chi connectivity index (χ0) is 11.7. The molecule has 3 N–H and O–H groups in total. The summed E-state index contributed by atoms with van der Waals surface area (Å²) in [6.45, 7) is 0. The molecule has 17 heavy (non-hydrogen) atoms. The van der Waals surface area contributed by atoms with Crippen LogP contribution in [0, 0.1) is 0 Å². The second-order valence-electron chi connectivity index (χ2n) is 4.69. The lowest BCUT2D eigenvalue weighted by atomic mass is 9.91. The van der Waals surface area contributed by atoms with Gasteiger partial charge in [-0.25, -0.2) is 4.98 Å². The molecule has 2 aromatic rings. The molecule has 1 aromatic carbocycles. The molecule has 90 valence electrons. The predicted octanol–water partition coefficient (Wildman–Crippen LogP) is 2.98. The number of nitrogens with one attached hydrogen (secondary N) is 1. The second kappa shape index (κ2) is 4.63. The average Bonchev–Trinajstić information content (AvgIpc) is 2.74. The number of hydrogen-bond acceptors (Lipinski definition) is 4. The first-order valence-corrected chi connectivity index (χ1v) is 7.02. The van der Waals surface area contributed by atoms with Crippen molar-refractivity contribution in [1.82, 2.24) is 4.98 Å². The minimum atomic E-state index is 0.274. The summed E-state index contributed by atoms with van der Waals surface area (Å²) in [7, 11) is 0. The molecular formula is C13H17N3S. The largest absolute Gasteiger partial charge is 0.357 e. The van der Waals surface area contributed by atoms with Crippen LogP contribution in [0.25, 0.3) is 10.2 Å². The molecule has 1 aliphatic carbocycles. The number of rotatable bonds is 2. The fraction of sp³-hybridized carbons (Fsp3) is 0.462. The van der Waals surface area contributed by atoms with Crippen molar-refractivity contribution in [1.29, 1.82) is 0 Å². The number of para-hydroxylation sites is 1. The molecule has 0 spiro atoms. The molecule has 2 atom stereocenters. The Balaban J connectivity index is 1.79. The second-order valence-corrected chi connectivity index (χ2v) is 5.72. The first kappa shape index (κ1) is 11.0. The zero-order valence-corrected chi connectivity index (χ0v) is 10.5. The molecule has 4 heteroatoms. The van der Waals surface area contributed by atoms with Gasteiger partial charge in [0.1, 0.15) is 0 Å². The quantitative estimate of drug-likeness (QED) is 0.857. The third-order valence-electron chi connectivity index (χ3n) is 3.42. The van der Waals surface area contributed by atoms with E-state index in [2.05, 4.69) is 28.5 Å². The SMILES string of the molecule is NC1CCCCC1Nc1nc2ccccc2s1. The summed E-state index contributed by atoms with van der Waals surface area (Å²) >= 11 is 1.72. The monoisotopic (exact) mass is 247 g/mol. The highest BCUT2D eigenvalue weighted by Gasteiger charge is 2.22. The Morgan fingerprint density at radius 1 is 1.24 bits per heavy atom. The van der Waals surface area contributed by atoms with Crippen LogP contribution in [0.2, 0.25) is 0 Å². The highest BCUT2D eigenvalue weighted by Crippen LogP contribution is 2.28. The van der Waals surface area contributed by atoms with Crippen molar-refractivity contribution in [2.24, 2.45) is 5.73 Å². The number of aromatic nitrogens is 1. The standard InChI is InChI=1S/C13H17N3S/c14-9-5-1-2-6-10(9)15-13-16-11-7-3-4-8-12(11)17-13/h3-4,7-10H,1-2,5-6,14H2,(H,15,16). The Hall–Kier alpha value is -1.13. The van der Waals surface area contributed by atoms with Gasteiger partial charge in [-0.2, -0.15) is 0 Å². The molecule has 1 saturated carbocycles. The summed E-state index contributed by atoms with van der Waals surface area (Å²) in [4.78, 5) is 4.59. The Morgan fingerprint density at radius 2 is 2.06 bits per heavy atom. The van der Waals surface area contributed by atoms with Crippen molar-refractivity contribution in [3.8, 4) is 0 Å². The van der Waals surface area contributed by atoms with Crippen LogP contribution in [0.4, 0.5) is 5.13 Å². The van der Waals surface area contributed by atoms with Crippen LogP contribution >= 0.6 is 11.3 Å². The first-order chi connectivity index (χ1) is 8.33. The molecule has 1 fully saturated rings. The van der Waals surface area contributed by atoms with Crippen molar-refractivity contribution in [3.05, 3.63) is 24.3 Å². The van der Waals surface area contributed by atoms with E-state index in [-0.39, 0.29) is 6.04 Å². The summed E-state index contributed by atoms with van der Waals surface area (Å²) in [5.41, 5.74) is 7.21. The van der Waals surface area contributed by atoms with Crippen LogP contribution in [-0.4, -0.2) is 17.1 Å². The predicted molar refractivity (Wildman–Crippen MR) is 73.5 cm³/mol. The Kier molecular flexibility index (Phi) is 2.99. The fourth-order valence-corrected chi connectivity index (χ4v) is 3.36. The van der Waals surface area contributed by atoms with Crippen LogP contribution in [0.5, 0.6) is 0 Å². The van der Waals surface area contributed by atoms with Crippen molar-refractivity contribution >= 4 is 26.7 Å². The maximum Gasteiger partial charge on any atom is 0.184 e. The van der Waals surface area contributed by atoms with Gasteiger partial charge < -0.3 is 11.1 Å². The van der Waals surface area contributed by atoms with Gasteiger partial charge in [-0.1, -0.05) is 36.3 Å². The van der Waals surface area contributed by atoms with Gasteiger partial charge in [0.2, 0.25) is 0 Å². The van der Waals surface area contributed by atoms with Crippen LogP contribution in [0.3, 0.4) is 0 Å². The minimum Gasteiger partial charge on any atom is -0.357 e. The first-order valence-electron chi connectivity index (χ1n) is 6.20. The van der Waals surface area contributed by atoms with Crippen molar-refractivity contribution < 1.29 is 0 Å².